The number of carbonyl (C=O) groups is 1. The van der Waals surface area contributed by atoms with Crippen LogP contribution in [0.5, 0.6) is 0 Å². The molecule has 0 aliphatic heterocycles. The van der Waals surface area contributed by atoms with Gasteiger partial charge in [0.15, 0.2) is 16.6 Å². The summed E-state index contributed by atoms with van der Waals surface area (Å²) in [4.78, 5) is 10.9. The quantitative estimate of drug-likeness (QED) is 0.142. The summed E-state index contributed by atoms with van der Waals surface area (Å²) < 4.78 is 14.1. The fourth-order valence-electron chi connectivity index (χ4n) is 7.79. The van der Waals surface area contributed by atoms with Gasteiger partial charge in [-0.05, 0) is 117 Å². The molecule has 3 fully saturated rings. The second-order valence-electron chi connectivity index (χ2n) is 17.4. The fraction of sp³-hybridized carbons (Fsp3) is 0.861. The Bertz CT molecular complexity index is 913. The summed E-state index contributed by atoms with van der Waals surface area (Å²) in [6.45, 7) is 28.8. The number of aldehydes is 1. The first-order valence-electron chi connectivity index (χ1n) is 17.0. The van der Waals surface area contributed by atoms with Crippen LogP contribution in [0.1, 0.15) is 126 Å². The zero-order chi connectivity index (χ0) is 30.9. The van der Waals surface area contributed by atoms with Gasteiger partial charge in [0, 0.05) is 6.42 Å². The Hall–Kier alpha value is -0.496. The lowest BCUT2D eigenvalue weighted by Crippen LogP contribution is -2.48. The molecule has 0 heterocycles. The molecule has 3 rings (SSSR count). The largest absolute Gasteiger partial charge is 0.414 e. The van der Waals surface area contributed by atoms with Crippen molar-refractivity contribution in [1.82, 2.24) is 0 Å². The molecule has 5 heteroatoms. The fourth-order valence-corrected chi connectivity index (χ4v) is 10.5. The minimum atomic E-state index is -1.87. The third kappa shape index (κ3) is 8.36. The lowest BCUT2D eigenvalue weighted by molar-refractivity contribution is -0.108. The predicted octanol–water partition coefficient (Wildman–Crippen LogP) is 11.0. The third-order valence-electron chi connectivity index (χ3n) is 12.3. The van der Waals surface area contributed by atoms with E-state index in [0.29, 0.717) is 17.3 Å². The maximum Gasteiger partial charge on any atom is 0.192 e. The average Bonchev–Trinajstić information content (AvgIpc) is 3.18. The van der Waals surface area contributed by atoms with Crippen LogP contribution in [0.25, 0.3) is 0 Å². The van der Waals surface area contributed by atoms with Crippen molar-refractivity contribution < 1.29 is 13.6 Å². The summed E-state index contributed by atoms with van der Waals surface area (Å²) in [5.74, 6) is 2.21. The molecule has 0 aromatic carbocycles. The second-order valence-corrected chi connectivity index (χ2v) is 26.9. The minimum Gasteiger partial charge on any atom is -0.414 e. The highest BCUT2D eigenvalue weighted by Crippen LogP contribution is 2.60. The van der Waals surface area contributed by atoms with E-state index in [0.717, 1.165) is 44.3 Å². The Labute approximate surface area is 257 Å². The van der Waals surface area contributed by atoms with Crippen molar-refractivity contribution in [2.45, 2.75) is 174 Å². The molecule has 3 saturated carbocycles. The smallest absolute Gasteiger partial charge is 0.192 e. The van der Waals surface area contributed by atoms with Gasteiger partial charge in [-0.25, -0.2) is 0 Å². The first kappa shape index (κ1) is 35.0. The van der Waals surface area contributed by atoms with Gasteiger partial charge >= 0.3 is 0 Å². The first-order chi connectivity index (χ1) is 18.8. The van der Waals surface area contributed by atoms with Crippen LogP contribution in [0.4, 0.5) is 0 Å². The normalized spacial score (nSPS) is 31.7. The highest BCUT2D eigenvalue weighted by Gasteiger charge is 2.50. The molecule has 0 saturated heterocycles. The Balaban J connectivity index is 1.83. The van der Waals surface area contributed by atoms with Gasteiger partial charge in [0.25, 0.3) is 0 Å². The van der Waals surface area contributed by atoms with Crippen LogP contribution in [0.2, 0.25) is 36.3 Å². The van der Waals surface area contributed by atoms with Crippen LogP contribution >= 0.6 is 0 Å². The molecule has 3 nitrogen and oxygen atoms in total. The monoisotopic (exact) mass is 602 g/mol. The lowest BCUT2D eigenvalue weighted by atomic mass is 9.60. The lowest BCUT2D eigenvalue weighted by Gasteiger charge is -2.45. The minimum absolute atomic E-state index is 0.210. The van der Waals surface area contributed by atoms with E-state index in [2.05, 4.69) is 93.7 Å². The molecule has 3 aliphatic rings. The summed E-state index contributed by atoms with van der Waals surface area (Å²) in [6.07, 6.45) is 19.4. The summed E-state index contributed by atoms with van der Waals surface area (Å²) in [7, 11) is -3.73. The van der Waals surface area contributed by atoms with Crippen LogP contribution in [0.15, 0.2) is 23.3 Å². The highest BCUT2D eigenvalue weighted by atomic mass is 28.4. The van der Waals surface area contributed by atoms with Gasteiger partial charge in [-0.3, -0.25) is 0 Å². The number of allylic oxidation sites excluding steroid dienone is 3. The van der Waals surface area contributed by atoms with E-state index < -0.39 is 16.6 Å². The highest BCUT2D eigenvalue weighted by molar-refractivity contribution is 6.74. The Morgan fingerprint density at radius 1 is 0.927 bits per heavy atom. The predicted molar refractivity (Wildman–Crippen MR) is 181 cm³/mol. The molecule has 41 heavy (non-hydrogen) atoms. The number of rotatable bonds is 10. The zero-order valence-electron chi connectivity index (χ0n) is 29.1. The number of carbonyl (C=O) groups excluding carboxylic acids is 1. The Morgan fingerprint density at radius 2 is 1.49 bits per heavy atom. The van der Waals surface area contributed by atoms with Crippen molar-refractivity contribution in [3.05, 3.63) is 23.3 Å². The van der Waals surface area contributed by atoms with Crippen molar-refractivity contribution in [1.29, 1.82) is 0 Å². The summed E-state index contributed by atoms with van der Waals surface area (Å²) in [5, 5.41) is 0.421. The maximum absolute atomic E-state index is 10.9. The molecule has 0 aromatic rings. The SMILES string of the molecule is C[C@@H](CCCC=O)[C@H]1CC[C@H]2/C(=C/C=C3C[C@@H](O[Si](C)(C)C(C)(C)C)C[C@H](O[Si](C)(C)C(C)(C)C)C3)CCC[C@]12C. The molecule has 0 N–H and O–H groups in total. The average molecular weight is 603 g/mol. The molecule has 236 valence electrons. The van der Waals surface area contributed by atoms with E-state index >= 15 is 0 Å². The van der Waals surface area contributed by atoms with Gasteiger partial charge in [-0.1, -0.05) is 85.1 Å². The van der Waals surface area contributed by atoms with Crippen molar-refractivity contribution >= 4 is 22.9 Å². The van der Waals surface area contributed by atoms with Crippen LogP contribution in [0.3, 0.4) is 0 Å². The van der Waals surface area contributed by atoms with Gasteiger partial charge < -0.3 is 13.6 Å². The Kier molecular flexibility index (Phi) is 11.3. The molecule has 3 aliphatic carbocycles. The van der Waals surface area contributed by atoms with E-state index in [-0.39, 0.29) is 22.3 Å². The second kappa shape index (κ2) is 13.2. The molecule has 0 spiro atoms. The molecule has 0 radical (unpaired) electrons. The molecule has 6 atom stereocenters. The van der Waals surface area contributed by atoms with Crippen LogP contribution in [-0.4, -0.2) is 35.1 Å². The molecule has 0 amide bonds. The molecule has 0 aromatic heterocycles. The van der Waals surface area contributed by atoms with Gasteiger partial charge in [-0.15, -0.1) is 0 Å². The number of fused-ring (bicyclic) bond motifs is 1. The molecular weight excluding hydrogens is 537 g/mol. The van der Waals surface area contributed by atoms with E-state index in [1.54, 1.807) is 5.57 Å². The third-order valence-corrected chi connectivity index (χ3v) is 21.3. The Morgan fingerprint density at radius 3 is 2.00 bits per heavy atom. The van der Waals surface area contributed by atoms with Gasteiger partial charge in [0.2, 0.25) is 0 Å². The maximum atomic E-state index is 10.9. The van der Waals surface area contributed by atoms with Gasteiger partial charge in [-0.2, -0.15) is 0 Å². The zero-order valence-corrected chi connectivity index (χ0v) is 31.1. The van der Waals surface area contributed by atoms with Crippen LogP contribution in [0, 0.1) is 23.2 Å². The van der Waals surface area contributed by atoms with E-state index in [9.17, 15) is 4.79 Å². The topological polar surface area (TPSA) is 35.5 Å². The molecule has 0 unspecified atom stereocenters. The van der Waals surface area contributed by atoms with E-state index in [1.807, 2.05) is 0 Å². The van der Waals surface area contributed by atoms with Crippen molar-refractivity contribution in [2.75, 3.05) is 0 Å². The molecule has 0 bridgehead atoms. The van der Waals surface area contributed by atoms with Gasteiger partial charge in [0.1, 0.15) is 6.29 Å². The first-order valence-corrected chi connectivity index (χ1v) is 22.8. The van der Waals surface area contributed by atoms with Crippen molar-refractivity contribution in [3.8, 4) is 0 Å². The molecular formula is C36H66O3Si2. The summed E-state index contributed by atoms with van der Waals surface area (Å²) in [5.41, 5.74) is 3.64. The van der Waals surface area contributed by atoms with Gasteiger partial charge in [0.05, 0.1) is 12.2 Å². The number of unbranched alkanes of at least 4 members (excludes halogenated alkanes) is 1. The van der Waals surface area contributed by atoms with Crippen molar-refractivity contribution in [2.24, 2.45) is 23.2 Å². The van der Waals surface area contributed by atoms with Crippen molar-refractivity contribution in [3.63, 3.8) is 0 Å². The number of hydrogen-bond donors (Lipinski definition) is 0. The van der Waals surface area contributed by atoms with Crippen LogP contribution < -0.4 is 0 Å². The van der Waals surface area contributed by atoms with E-state index in [4.69, 9.17) is 8.85 Å². The standard InChI is InChI=1S/C36H66O3Si2/c1-27(16-13-14-23-37)32-20-21-33-29(17-15-22-36(32,33)8)19-18-28-24-30(38-40(9,10)34(2,3)4)26-31(25-28)39-41(11,12)35(5,6)7/h18-19,23,27,30-33H,13-17,20-22,24-26H2,1-12H3/b29-19+/t27-,30+,31+,32+,33-,36+/m0/s1. The number of hydrogen-bond acceptors (Lipinski definition) is 3. The van der Waals surface area contributed by atoms with Crippen LogP contribution in [-0.2, 0) is 13.6 Å². The summed E-state index contributed by atoms with van der Waals surface area (Å²) >= 11 is 0. The van der Waals surface area contributed by atoms with E-state index in [1.165, 1.54) is 44.1 Å². The summed E-state index contributed by atoms with van der Waals surface area (Å²) in [6, 6.07) is 0.